The first kappa shape index (κ1) is 21.9. The van der Waals surface area contributed by atoms with E-state index in [0.717, 1.165) is 18.4 Å². The van der Waals surface area contributed by atoms with Gasteiger partial charge >= 0.3 is 6.03 Å². The summed E-state index contributed by atoms with van der Waals surface area (Å²) in [5, 5.41) is 3.36. The molecular formula is C26H25ClN2O3. The molecule has 3 aromatic rings. The molecule has 0 aliphatic heterocycles. The first-order chi connectivity index (χ1) is 15.6. The number of ketones is 1. The summed E-state index contributed by atoms with van der Waals surface area (Å²) in [5.74, 6) is 0.971. The molecule has 1 fully saturated rings. The monoisotopic (exact) mass is 448 g/mol. The van der Waals surface area contributed by atoms with Gasteiger partial charge in [0.25, 0.3) is 0 Å². The second-order valence-electron chi connectivity index (χ2n) is 7.85. The van der Waals surface area contributed by atoms with Crippen LogP contribution in [0.5, 0.6) is 5.75 Å². The number of Topliss-reactive ketones (excluding diaryl/α,β-unsaturated/α-hetero) is 1. The minimum atomic E-state index is -0.458. The number of amides is 2. The van der Waals surface area contributed by atoms with Crippen LogP contribution >= 0.6 is 11.6 Å². The van der Waals surface area contributed by atoms with Gasteiger partial charge in [0.05, 0.1) is 23.9 Å². The van der Waals surface area contributed by atoms with Crippen LogP contribution in [-0.4, -0.2) is 18.9 Å². The summed E-state index contributed by atoms with van der Waals surface area (Å²) in [6.45, 7) is 0. The number of rotatable bonds is 8. The van der Waals surface area contributed by atoms with Gasteiger partial charge in [-0.2, -0.15) is 0 Å². The van der Waals surface area contributed by atoms with Crippen LogP contribution in [0.3, 0.4) is 0 Å². The molecule has 0 spiro atoms. The van der Waals surface area contributed by atoms with Gasteiger partial charge < -0.3 is 10.1 Å². The topological polar surface area (TPSA) is 58.6 Å². The van der Waals surface area contributed by atoms with Crippen molar-refractivity contribution in [3.63, 3.8) is 0 Å². The zero-order chi connectivity index (χ0) is 22.5. The van der Waals surface area contributed by atoms with E-state index in [4.69, 9.17) is 16.3 Å². The Hall–Kier alpha value is -3.31. The van der Waals surface area contributed by atoms with Crippen molar-refractivity contribution >= 4 is 34.8 Å². The predicted octanol–water partition coefficient (Wildman–Crippen LogP) is 6.50. The zero-order valence-electron chi connectivity index (χ0n) is 17.8. The number of anilines is 2. The zero-order valence-corrected chi connectivity index (χ0v) is 18.6. The van der Waals surface area contributed by atoms with E-state index in [2.05, 4.69) is 5.32 Å². The van der Waals surface area contributed by atoms with Crippen molar-refractivity contribution in [3.05, 3.63) is 89.4 Å². The second-order valence-corrected chi connectivity index (χ2v) is 8.26. The lowest BCUT2D eigenvalue weighted by Gasteiger charge is -2.32. The second kappa shape index (κ2) is 9.88. The Kier molecular flexibility index (Phi) is 6.76. The molecule has 1 saturated carbocycles. The molecular weight excluding hydrogens is 424 g/mol. The minimum Gasteiger partial charge on any atom is -0.497 e. The molecule has 6 heteroatoms. The summed E-state index contributed by atoms with van der Waals surface area (Å²) >= 11 is 6.29. The lowest BCUT2D eigenvalue weighted by atomic mass is 9.97. The van der Waals surface area contributed by atoms with E-state index in [9.17, 15) is 9.59 Å². The Morgan fingerprint density at radius 2 is 1.66 bits per heavy atom. The smallest absolute Gasteiger partial charge is 0.326 e. The molecule has 1 atom stereocenters. The van der Waals surface area contributed by atoms with Crippen molar-refractivity contribution in [1.29, 1.82) is 0 Å². The summed E-state index contributed by atoms with van der Waals surface area (Å²) in [5.41, 5.74) is 2.07. The van der Waals surface area contributed by atoms with E-state index in [1.54, 1.807) is 42.3 Å². The van der Waals surface area contributed by atoms with Gasteiger partial charge in [-0.05, 0) is 54.8 Å². The van der Waals surface area contributed by atoms with Gasteiger partial charge in [-0.1, -0.05) is 54.1 Å². The average molecular weight is 449 g/mol. The van der Waals surface area contributed by atoms with Crippen LogP contribution in [0.1, 0.15) is 30.9 Å². The van der Waals surface area contributed by atoms with E-state index in [1.807, 2.05) is 48.5 Å². The Morgan fingerprint density at radius 1 is 1.00 bits per heavy atom. The van der Waals surface area contributed by atoms with Crippen LogP contribution in [0.4, 0.5) is 16.2 Å². The van der Waals surface area contributed by atoms with Crippen molar-refractivity contribution in [2.75, 3.05) is 17.3 Å². The number of hydrogen-bond acceptors (Lipinski definition) is 3. The molecule has 4 rings (SSSR count). The van der Waals surface area contributed by atoms with Crippen LogP contribution in [0.15, 0.2) is 78.9 Å². The molecule has 0 unspecified atom stereocenters. The van der Waals surface area contributed by atoms with Gasteiger partial charge in [0.15, 0.2) is 0 Å². The van der Waals surface area contributed by atoms with E-state index in [0.29, 0.717) is 22.1 Å². The Bertz CT molecular complexity index is 1080. The highest BCUT2D eigenvalue weighted by Crippen LogP contribution is 2.37. The van der Waals surface area contributed by atoms with Gasteiger partial charge in [0, 0.05) is 18.0 Å². The van der Waals surface area contributed by atoms with E-state index in [1.165, 1.54) is 0 Å². The van der Waals surface area contributed by atoms with E-state index in [-0.39, 0.29) is 24.2 Å². The number of urea groups is 1. The fourth-order valence-electron chi connectivity index (χ4n) is 3.72. The fourth-order valence-corrected chi connectivity index (χ4v) is 3.90. The van der Waals surface area contributed by atoms with Crippen LogP contribution in [-0.2, 0) is 4.79 Å². The molecule has 1 aliphatic rings. The number of carbonyl (C=O) groups excluding carboxylic acids is 2. The molecule has 1 N–H and O–H groups in total. The number of benzene rings is 3. The van der Waals surface area contributed by atoms with Crippen molar-refractivity contribution in [3.8, 4) is 5.75 Å². The highest BCUT2D eigenvalue weighted by Gasteiger charge is 2.35. The Morgan fingerprint density at radius 3 is 2.28 bits per heavy atom. The molecule has 0 bridgehead atoms. The van der Waals surface area contributed by atoms with E-state index < -0.39 is 6.04 Å². The number of ether oxygens (including phenoxy) is 1. The minimum absolute atomic E-state index is 0.102. The standard InChI is InChI=1S/C26H25ClN2O3/c1-32-21-15-13-20(14-16-21)29(26(31)28-23-10-6-5-9-22(23)27)24(17-25(30)19-11-12-19)18-7-3-2-4-8-18/h2-10,13-16,19,24H,11-12,17H2,1H3,(H,28,31)/t24-/m1/s1. The molecule has 2 amide bonds. The van der Waals surface area contributed by atoms with Gasteiger partial charge in [-0.25, -0.2) is 4.79 Å². The van der Waals surface area contributed by atoms with Crippen molar-refractivity contribution in [1.82, 2.24) is 0 Å². The number of hydrogen-bond donors (Lipinski definition) is 1. The van der Waals surface area contributed by atoms with Gasteiger partial charge in [-0.3, -0.25) is 9.69 Å². The maximum absolute atomic E-state index is 13.6. The largest absolute Gasteiger partial charge is 0.497 e. The summed E-state index contributed by atoms with van der Waals surface area (Å²) in [6.07, 6.45) is 2.10. The van der Waals surface area contributed by atoms with E-state index >= 15 is 0 Å². The average Bonchev–Trinajstić information content (AvgIpc) is 3.67. The van der Waals surface area contributed by atoms with Crippen LogP contribution in [0.25, 0.3) is 0 Å². The summed E-state index contributed by atoms with van der Waals surface area (Å²) < 4.78 is 5.28. The molecule has 0 radical (unpaired) electrons. The number of halogens is 1. The number of nitrogens with one attached hydrogen (secondary N) is 1. The lowest BCUT2D eigenvalue weighted by molar-refractivity contribution is -0.120. The van der Waals surface area contributed by atoms with Crippen molar-refractivity contribution < 1.29 is 14.3 Å². The maximum Gasteiger partial charge on any atom is 0.326 e. The number of nitrogens with zero attached hydrogens (tertiary/aromatic N) is 1. The third kappa shape index (κ3) is 5.11. The first-order valence-corrected chi connectivity index (χ1v) is 11.0. The van der Waals surface area contributed by atoms with Crippen LogP contribution < -0.4 is 15.0 Å². The normalized spacial score (nSPS) is 13.8. The lowest BCUT2D eigenvalue weighted by Crippen LogP contribution is -2.39. The van der Waals surface area contributed by atoms with Crippen molar-refractivity contribution in [2.24, 2.45) is 5.92 Å². The van der Waals surface area contributed by atoms with Gasteiger partial charge in [-0.15, -0.1) is 0 Å². The molecule has 1 aliphatic carbocycles. The molecule has 3 aromatic carbocycles. The van der Waals surface area contributed by atoms with Gasteiger partial charge in [0.2, 0.25) is 0 Å². The number of methoxy groups -OCH3 is 1. The number of carbonyl (C=O) groups is 2. The predicted molar refractivity (Wildman–Crippen MR) is 127 cm³/mol. The quantitative estimate of drug-likeness (QED) is 0.428. The van der Waals surface area contributed by atoms with Gasteiger partial charge in [0.1, 0.15) is 11.5 Å². The summed E-state index contributed by atoms with van der Waals surface area (Å²) in [4.78, 5) is 28.1. The fraction of sp³-hybridized carbons (Fsp3) is 0.231. The van der Waals surface area contributed by atoms with Crippen molar-refractivity contribution in [2.45, 2.75) is 25.3 Å². The highest BCUT2D eigenvalue weighted by molar-refractivity contribution is 6.33. The SMILES string of the molecule is COc1ccc(N(C(=O)Nc2ccccc2Cl)[C@H](CC(=O)C2CC2)c2ccccc2)cc1. The van der Waals surface area contributed by atoms with Crippen LogP contribution in [0.2, 0.25) is 5.02 Å². The maximum atomic E-state index is 13.6. The highest BCUT2D eigenvalue weighted by atomic mass is 35.5. The number of para-hydroxylation sites is 1. The summed E-state index contributed by atoms with van der Waals surface area (Å²) in [6, 6.07) is 23.2. The molecule has 5 nitrogen and oxygen atoms in total. The third-order valence-electron chi connectivity index (χ3n) is 5.61. The molecule has 0 heterocycles. The Balaban J connectivity index is 1.74. The summed E-state index contributed by atoms with van der Waals surface area (Å²) in [7, 11) is 1.60. The third-order valence-corrected chi connectivity index (χ3v) is 5.94. The molecule has 32 heavy (non-hydrogen) atoms. The Labute approximate surface area is 193 Å². The molecule has 0 aromatic heterocycles. The molecule has 164 valence electrons. The molecule has 0 saturated heterocycles. The van der Waals surface area contributed by atoms with Crippen LogP contribution in [0, 0.1) is 5.92 Å². The first-order valence-electron chi connectivity index (χ1n) is 10.6.